The van der Waals surface area contributed by atoms with Crippen molar-refractivity contribution in [2.75, 3.05) is 0 Å². The topological polar surface area (TPSA) is 106 Å². The Kier molecular flexibility index (Phi) is 7.50. The molecule has 1 saturated carbocycles. The first-order valence-corrected chi connectivity index (χ1v) is 12.6. The summed E-state index contributed by atoms with van der Waals surface area (Å²) >= 11 is 0. The third-order valence-corrected chi connectivity index (χ3v) is 6.93. The zero-order chi connectivity index (χ0) is 25.9. The summed E-state index contributed by atoms with van der Waals surface area (Å²) in [5, 5.41) is 6.22. The first kappa shape index (κ1) is 25.5. The molecule has 0 aliphatic heterocycles. The molecule has 3 atom stereocenters. The van der Waals surface area contributed by atoms with Gasteiger partial charge < -0.3 is 10.5 Å². The molecule has 36 heavy (non-hydrogen) atoms. The number of nitrogens with one attached hydrogen (secondary N) is 1. The predicted octanol–water partition coefficient (Wildman–Crippen LogP) is 5.56. The Morgan fingerprint density at radius 2 is 1.81 bits per heavy atom. The lowest BCUT2D eigenvalue weighted by molar-refractivity contribution is 0.00693. The van der Waals surface area contributed by atoms with Crippen molar-refractivity contribution in [3.8, 4) is 0 Å². The summed E-state index contributed by atoms with van der Waals surface area (Å²) in [5.74, 6) is 5.94. The van der Waals surface area contributed by atoms with Crippen molar-refractivity contribution in [2.45, 2.75) is 70.6 Å². The molecule has 5 N–H and O–H groups in total. The molecule has 2 unspecified atom stereocenters. The molecule has 1 aliphatic carbocycles. The van der Waals surface area contributed by atoms with Crippen molar-refractivity contribution in [1.82, 2.24) is 10.4 Å². The summed E-state index contributed by atoms with van der Waals surface area (Å²) in [6, 6.07) is 22.6. The van der Waals surface area contributed by atoms with Crippen LogP contribution in [0, 0.1) is 0 Å². The lowest BCUT2D eigenvalue weighted by Gasteiger charge is -2.37. The van der Waals surface area contributed by atoms with Gasteiger partial charge in [-0.2, -0.15) is 0 Å². The maximum atomic E-state index is 13.6. The number of rotatable bonds is 6. The van der Waals surface area contributed by atoms with E-state index >= 15 is 0 Å². The van der Waals surface area contributed by atoms with Crippen molar-refractivity contribution < 1.29 is 9.53 Å². The molecule has 1 fully saturated rings. The van der Waals surface area contributed by atoms with Crippen LogP contribution in [-0.4, -0.2) is 28.5 Å². The zero-order valence-electron chi connectivity index (χ0n) is 21.6. The molecule has 1 aliphatic rings. The molecule has 0 bridgehead atoms. The number of hydrazine groups is 1. The van der Waals surface area contributed by atoms with Gasteiger partial charge in [0.05, 0.1) is 6.04 Å². The Morgan fingerprint density at radius 3 is 2.56 bits per heavy atom. The van der Waals surface area contributed by atoms with E-state index in [1.165, 1.54) is 10.9 Å². The minimum atomic E-state index is -0.575. The van der Waals surface area contributed by atoms with Crippen LogP contribution in [0.5, 0.6) is 0 Å². The van der Waals surface area contributed by atoms with Crippen LogP contribution < -0.4 is 17.1 Å². The van der Waals surface area contributed by atoms with E-state index in [-0.39, 0.29) is 18.2 Å². The highest BCUT2D eigenvalue weighted by molar-refractivity contribution is 5.97. The van der Waals surface area contributed by atoms with Gasteiger partial charge in [0.25, 0.3) is 0 Å². The maximum Gasteiger partial charge on any atom is 0.411 e. The van der Waals surface area contributed by atoms with Gasteiger partial charge in [0.2, 0.25) is 0 Å². The molecule has 0 spiro atoms. The number of nitrogens with zero attached hydrogens (tertiary/aromatic N) is 2. The van der Waals surface area contributed by atoms with E-state index in [1.807, 2.05) is 49.9 Å². The molecule has 0 heterocycles. The van der Waals surface area contributed by atoms with E-state index in [1.54, 1.807) is 0 Å². The fourth-order valence-corrected chi connectivity index (χ4v) is 5.30. The standard InChI is InChI=1S/C29H37N5O2/c1-19(25-14-8-10-20-9-5-6-13-26(20)25)34(28(35)36-29(2,3)4)24-16-15-22(18-24)21-11-7-12-23(17-21)27(30)32-33-31/h5-14,17,19,22,24,33H,15-16,18,31H2,1-4H3,(H2,30,32)/t19?,22-,24?/m1/s1. The summed E-state index contributed by atoms with van der Waals surface area (Å²) in [6.45, 7) is 7.85. The number of ether oxygens (including phenoxy) is 1. The number of fused-ring (bicyclic) bond motifs is 1. The van der Waals surface area contributed by atoms with Gasteiger partial charge in [0.1, 0.15) is 5.60 Å². The van der Waals surface area contributed by atoms with Crippen LogP contribution in [0.4, 0.5) is 4.79 Å². The van der Waals surface area contributed by atoms with E-state index in [9.17, 15) is 4.79 Å². The number of hydrogen-bond acceptors (Lipinski definition) is 5. The van der Waals surface area contributed by atoms with Crippen molar-refractivity contribution in [1.29, 1.82) is 0 Å². The Labute approximate surface area is 213 Å². The van der Waals surface area contributed by atoms with Crippen LogP contribution in [0.1, 0.15) is 75.6 Å². The first-order valence-electron chi connectivity index (χ1n) is 12.6. The van der Waals surface area contributed by atoms with Crippen molar-refractivity contribution in [3.05, 3.63) is 83.4 Å². The molecule has 3 aromatic rings. The highest BCUT2D eigenvalue weighted by Gasteiger charge is 2.38. The zero-order valence-corrected chi connectivity index (χ0v) is 21.6. The fraction of sp³-hybridized carbons (Fsp3) is 0.379. The number of amidine groups is 1. The average molecular weight is 488 g/mol. The maximum absolute atomic E-state index is 13.6. The van der Waals surface area contributed by atoms with Crippen molar-refractivity contribution in [2.24, 2.45) is 16.7 Å². The summed E-state index contributed by atoms with van der Waals surface area (Å²) in [6.07, 6.45) is 2.45. The Morgan fingerprint density at radius 1 is 1.08 bits per heavy atom. The summed E-state index contributed by atoms with van der Waals surface area (Å²) in [7, 11) is 0. The average Bonchev–Trinajstić information content (AvgIpc) is 3.32. The number of nitrogens with two attached hydrogens (primary N) is 2. The number of carbonyl (C=O) groups is 1. The summed E-state index contributed by atoms with van der Waals surface area (Å²) < 4.78 is 5.92. The molecule has 7 nitrogen and oxygen atoms in total. The lowest BCUT2D eigenvalue weighted by atomic mass is 9.94. The quantitative estimate of drug-likeness (QED) is 0.183. The second-order valence-electron chi connectivity index (χ2n) is 10.5. The van der Waals surface area contributed by atoms with Gasteiger partial charge in [0, 0.05) is 11.6 Å². The number of carbonyl (C=O) groups excluding carboxylic acids is 1. The van der Waals surface area contributed by atoms with Gasteiger partial charge in [-0.3, -0.25) is 4.90 Å². The summed E-state index contributed by atoms with van der Waals surface area (Å²) in [5.41, 5.74) is 10.8. The van der Waals surface area contributed by atoms with Crippen LogP contribution in [0.15, 0.2) is 71.8 Å². The van der Waals surface area contributed by atoms with Crippen LogP contribution in [0.3, 0.4) is 0 Å². The SMILES string of the molecule is CC(c1cccc2ccccc12)N(C(=O)OC(C)(C)C)C1CC[C@@H](c2cccc(/C(N)=N/NN)c2)C1. The van der Waals surface area contributed by atoms with Gasteiger partial charge in [-0.05, 0) is 80.8 Å². The number of amides is 1. The minimum absolute atomic E-state index is 0.0548. The fourth-order valence-electron chi connectivity index (χ4n) is 5.30. The monoisotopic (exact) mass is 487 g/mol. The molecule has 0 aromatic heterocycles. The van der Waals surface area contributed by atoms with E-state index in [0.29, 0.717) is 11.8 Å². The lowest BCUT2D eigenvalue weighted by Crippen LogP contribution is -2.44. The second kappa shape index (κ2) is 10.6. The van der Waals surface area contributed by atoms with Crippen molar-refractivity contribution >= 4 is 22.7 Å². The highest BCUT2D eigenvalue weighted by Crippen LogP contribution is 2.41. The molecule has 3 aromatic carbocycles. The largest absolute Gasteiger partial charge is 0.444 e. The van der Waals surface area contributed by atoms with Crippen molar-refractivity contribution in [3.63, 3.8) is 0 Å². The second-order valence-corrected chi connectivity index (χ2v) is 10.5. The van der Waals surface area contributed by atoms with Gasteiger partial charge in [-0.25, -0.2) is 16.2 Å². The van der Waals surface area contributed by atoms with E-state index in [4.69, 9.17) is 16.3 Å². The Balaban J connectivity index is 1.64. The Bertz CT molecular complexity index is 1240. The predicted molar refractivity (Wildman–Crippen MR) is 145 cm³/mol. The molecule has 0 radical (unpaired) electrons. The molecule has 1 amide bonds. The third-order valence-electron chi connectivity index (χ3n) is 6.93. The number of hydrogen-bond donors (Lipinski definition) is 3. The Hall–Kier alpha value is -3.58. The van der Waals surface area contributed by atoms with E-state index in [0.717, 1.165) is 35.8 Å². The smallest absolute Gasteiger partial charge is 0.411 e. The minimum Gasteiger partial charge on any atom is -0.444 e. The summed E-state index contributed by atoms with van der Waals surface area (Å²) in [4.78, 5) is 15.6. The third kappa shape index (κ3) is 5.62. The van der Waals surface area contributed by atoms with Gasteiger partial charge in [0.15, 0.2) is 5.84 Å². The molecule has 4 rings (SSSR count). The van der Waals surface area contributed by atoms with Crippen LogP contribution in [0.25, 0.3) is 10.8 Å². The number of hydrazone groups is 1. The van der Waals surface area contributed by atoms with Gasteiger partial charge >= 0.3 is 6.09 Å². The molecule has 190 valence electrons. The highest BCUT2D eigenvalue weighted by atomic mass is 16.6. The van der Waals surface area contributed by atoms with E-state index < -0.39 is 5.60 Å². The number of benzene rings is 3. The van der Waals surface area contributed by atoms with Crippen LogP contribution in [-0.2, 0) is 4.74 Å². The van der Waals surface area contributed by atoms with Gasteiger partial charge in [-0.1, -0.05) is 60.7 Å². The van der Waals surface area contributed by atoms with E-state index in [2.05, 4.69) is 60.0 Å². The van der Waals surface area contributed by atoms with Gasteiger partial charge in [-0.15, -0.1) is 5.10 Å². The van der Waals surface area contributed by atoms with Crippen LogP contribution >= 0.6 is 0 Å². The molecule has 7 heteroatoms. The normalized spacial score (nSPS) is 19.2. The molecule has 0 saturated heterocycles. The molecular weight excluding hydrogens is 450 g/mol. The van der Waals surface area contributed by atoms with Crippen LogP contribution in [0.2, 0.25) is 0 Å². The molecular formula is C29H37N5O2. The first-order chi connectivity index (χ1) is 17.2.